The van der Waals surface area contributed by atoms with Crippen molar-refractivity contribution >= 4 is 11.8 Å². The topological polar surface area (TPSA) is 44.5 Å². The summed E-state index contributed by atoms with van der Waals surface area (Å²) in [6.07, 6.45) is 2.03. The van der Waals surface area contributed by atoms with Crippen LogP contribution in [0.3, 0.4) is 0 Å². The van der Waals surface area contributed by atoms with Gasteiger partial charge in [-0.25, -0.2) is 0 Å². The summed E-state index contributed by atoms with van der Waals surface area (Å²) in [6.45, 7) is 1.92. The molecule has 0 saturated heterocycles. The minimum absolute atomic E-state index is 0.164. The van der Waals surface area contributed by atoms with Crippen molar-refractivity contribution in [1.82, 2.24) is 0 Å². The van der Waals surface area contributed by atoms with Crippen LogP contribution < -0.4 is 15.2 Å². The van der Waals surface area contributed by atoms with E-state index in [0.29, 0.717) is 0 Å². The minimum atomic E-state index is -0.164. The lowest BCUT2D eigenvalue weighted by Crippen LogP contribution is -2.08. The summed E-state index contributed by atoms with van der Waals surface area (Å²) in [6, 6.07) is 13.5. The molecule has 0 bridgehead atoms. The van der Waals surface area contributed by atoms with E-state index in [1.165, 1.54) is 0 Å². The molecule has 0 amide bonds. The number of thioether (sulfide) groups is 1. The summed E-state index contributed by atoms with van der Waals surface area (Å²) in [7, 11) is 1.64. The molecule has 0 radical (unpaired) electrons. The normalized spacial score (nSPS) is 12.0. The van der Waals surface area contributed by atoms with Crippen LogP contribution in [0.2, 0.25) is 0 Å². The Morgan fingerprint density at radius 3 is 2.30 bits per heavy atom. The first-order valence-corrected chi connectivity index (χ1v) is 7.63. The van der Waals surface area contributed by atoms with Gasteiger partial charge in [0.1, 0.15) is 17.2 Å². The quantitative estimate of drug-likeness (QED) is 0.837. The van der Waals surface area contributed by atoms with Crippen molar-refractivity contribution < 1.29 is 9.47 Å². The van der Waals surface area contributed by atoms with E-state index in [2.05, 4.69) is 0 Å². The third-order valence-electron chi connectivity index (χ3n) is 2.99. The Balaban J connectivity index is 2.43. The zero-order chi connectivity index (χ0) is 14.5. The third kappa shape index (κ3) is 3.08. The molecular formula is C16H19NO2S. The molecule has 0 aromatic heterocycles. The third-order valence-corrected chi connectivity index (χ3v) is 3.77. The maximum atomic E-state index is 6.05. The van der Waals surface area contributed by atoms with Gasteiger partial charge in [0.05, 0.1) is 12.7 Å². The van der Waals surface area contributed by atoms with Gasteiger partial charge in [0.2, 0.25) is 0 Å². The van der Waals surface area contributed by atoms with Crippen molar-refractivity contribution in [3.8, 4) is 17.2 Å². The Labute approximate surface area is 124 Å². The Bertz CT molecular complexity index is 584. The van der Waals surface area contributed by atoms with Crippen molar-refractivity contribution in [2.45, 2.75) is 17.9 Å². The molecule has 0 unspecified atom stereocenters. The lowest BCUT2D eigenvalue weighted by Gasteiger charge is -2.18. The molecule has 2 aromatic rings. The number of methoxy groups -OCH3 is 1. The number of nitrogens with two attached hydrogens (primary N) is 1. The van der Waals surface area contributed by atoms with Crippen LogP contribution in [0, 0.1) is 0 Å². The van der Waals surface area contributed by atoms with Gasteiger partial charge >= 0.3 is 0 Å². The molecule has 0 saturated carbocycles. The maximum absolute atomic E-state index is 6.05. The van der Waals surface area contributed by atoms with Gasteiger partial charge < -0.3 is 15.2 Å². The van der Waals surface area contributed by atoms with Crippen molar-refractivity contribution in [3.63, 3.8) is 0 Å². The number of hydrogen-bond acceptors (Lipinski definition) is 4. The largest absolute Gasteiger partial charge is 0.496 e. The van der Waals surface area contributed by atoms with Crippen molar-refractivity contribution in [3.05, 3.63) is 48.0 Å². The molecule has 2 rings (SSSR count). The molecule has 0 aliphatic heterocycles. The van der Waals surface area contributed by atoms with E-state index in [0.717, 1.165) is 27.7 Å². The van der Waals surface area contributed by atoms with E-state index in [-0.39, 0.29) is 6.04 Å². The average molecular weight is 289 g/mol. The molecule has 0 heterocycles. The number of benzene rings is 2. The van der Waals surface area contributed by atoms with E-state index in [1.807, 2.05) is 55.6 Å². The van der Waals surface area contributed by atoms with E-state index in [4.69, 9.17) is 15.2 Å². The molecule has 0 aliphatic rings. The Morgan fingerprint density at radius 2 is 1.65 bits per heavy atom. The Morgan fingerprint density at radius 1 is 1.00 bits per heavy atom. The number of hydrogen-bond donors (Lipinski definition) is 1. The van der Waals surface area contributed by atoms with Gasteiger partial charge in [-0.05, 0) is 37.4 Å². The number of para-hydroxylation sites is 1. The Kier molecular flexibility index (Phi) is 4.93. The fourth-order valence-electron chi connectivity index (χ4n) is 2.06. The van der Waals surface area contributed by atoms with E-state index < -0.39 is 0 Å². The van der Waals surface area contributed by atoms with Crippen LogP contribution in [-0.2, 0) is 0 Å². The molecule has 2 N–H and O–H groups in total. The number of rotatable bonds is 5. The SMILES string of the molecule is COc1cccc(Oc2ccccc2SC)c1[C@H](C)N. The van der Waals surface area contributed by atoms with Crippen molar-refractivity contribution in [1.29, 1.82) is 0 Å². The maximum Gasteiger partial charge on any atom is 0.140 e. The monoisotopic (exact) mass is 289 g/mol. The van der Waals surface area contributed by atoms with Gasteiger partial charge in [0, 0.05) is 10.9 Å². The second-order valence-electron chi connectivity index (χ2n) is 4.41. The molecule has 2 aromatic carbocycles. The molecular weight excluding hydrogens is 270 g/mol. The van der Waals surface area contributed by atoms with Gasteiger partial charge in [-0.1, -0.05) is 18.2 Å². The zero-order valence-corrected chi connectivity index (χ0v) is 12.7. The standard InChI is InChI=1S/C16H19NO2S/c1-11(17)16-13(18-2)8-6-9-14(16)19-12-7-4-5-10-15(12)20-3/h4-11H,17H2,1-3H3/t11-/m0/s1. The van der Waals surface area contributed by atoms with E-state index >= 15 is 0 Å². The summed E-state index contributed by atoms with van der Waals surface area (Å²) >= 11 is 1.65. The smallest absolute Gasteiger partial charge is 0.140 e. The highest BCUT2D eigenvalue weighted by Gasteiger charge is 2.15. The van der Waals surface area contributed by atoms with Gasteiger partial charge in [0.25, 0.3) is 0 Å². The molecule has 106 valence electrons. The van der Waals surface area contributed by atoms with Gasteiger partial charge in [-0.15, -0.1) is 11.8 Å². The minimum Gasteiger partial charge on any atom is -0.496 e. The average Bonchev–Trinajstić information content (AvgIpc) is 2.47. The highest BCUT2D eigenvalue weighted by molar-refractivity contribution is 7.98. The summed E-state index contributed by atoms with van der Waals surface area (Å²) in [4.78, 5) is 1.09. The summed E-state index contributed by atoms with van der Waals surface area (Å²) in [5.74, 6) is 2.31. The van der Waals surface area contributed by atoms with Crippen LogP contribution in [0.15, 0.2) is 47.4 Å². The van der Waals surface area contributed by atoms with Gasteiger partial charge in [-0.2, -0.15) is 0 Å². The van der Waals surface area contributed by atoms with Crippen LogP contribution in [0.5, 0.6) is 17.2 Å². The summed E-state index contributed by atoms with van der Waals surface area (Å²) < 4.78 is 11.4. The van der Waals surface area contributed by atoms with E-state index in [9.17, 15) is 0 Å². The van der Waals surface area contributed by atoms with Gasteiger partial charge in [-0.3, -0.25) is 0 Å². The number of ether oxygens (including phenoxy) is 2. The summed E-state index contributed by atoms with van der Waals surface area (Å²) in [5.41, 5.74) is 6.93. The van der Waals surface area contributed by atoms with Gasteiger partial charge in [0.15, 0.2) is 0 Å². The fraction of sp³-hybridized carbons (Fsp3) is 0.250. The molecule has 0 aliphatic carbocycles. The van der Waals surface area contributed by atoms with Crippen LogP contribution in [0.1, 0.15) is 18.5 Å². The fourth-order valence-corrected chi connectivity index (χ4v) is 2.59. The van der Waals surface area contributed by atoms with Crippen molar-refractivity contribution in [2.24, 2.45) is 5.73 Å². The first-order chi connectivity index (χ1) is 9.67. The predicted octanol–water partition coefficient (Wildman–Crippen LogP) is 4.23. The lowest BCUT2D eigenvalue weighted by molar-refractivity contribution is 0.396. The molecule has 3 nitrogen and oxygen atoms in total. The molecule has 0 fully saturated rings. The first-order valence-electron chi connectivity index (χ1n) is 6.40. The second kappa shape index (κ2) is 6.68. The van der Waals surface area contributed by atoms with Crippen LogP contribution in [-0.4, -0.2) is 13.4 Å². The Hall–Kier alpha value is -1.65. The van der Waals surface area contributed by atoms with Crippen molar-refractivity contribution in [2.75, 3.05) is 13.4 Å². The molecule has 1 atom stereocenters. The first kappa shape index (κ1) is 14.8. The van der Waals surface area contributed by atoms with E-state index in [1.54, 1.807) is 18.9 Å². The highest BCUT2D eigenvalue weighted by atomic mass is 32.2. The van der Waals surface area contributed by atoms with Crippen LogP contribution in [0.25, 0.3) is 0 Å². The summed E-state index contributed by atoms with van der Waals surface area (Å²) in [5, 5.41) is 0. The second-order valence-corrected chi connectivity index (χ2v) is 5.26. The molecule has 4 heteroatoms. The highest BCUT2D eigenvalue weighted by Crippen LogP contribution is 2.38. The molecule has 0 spiro atoms. The van der Waals surface area contributed by atoms with Crippen LogP contribution in [0.4, 0.5) is 0 Å². The van der Waals surface area contributed by atoms with Crippen LogP contribution >= 0.6 is 11.8 Å². The molecule has 20 heavy (non-hydrogen) atoms. The lowest BCUT2D eigenvalue weighted by atomic mass is 10.1. The predicted molar refractivity (Wildman–Crippen MR) is 83.9 cm³/mol. The zero-order valence-electron chi connectivity index (χ0n) is 11.9.